The van der Waals surface area contributed by atoms with Crippen molar-refractivity contribution in [3.05, 3.63) is 206 Å². The highest BCUT2D eigenvalue weighted by Gasteiger charge is 2.28. The van der Waals surface area contributed by atoms with Gasteiger partial charge in [-0.05, 0) is 85.2 Å². The molecule has 23 nitrogen and oxygen atoms in total. The van der Waals surface area contributed by atoms with Crippen LogP contribution < -0.4 is 31.9 Å². The minimum Gasteiger partial charge on any atom is -0.456 e. The molecule has 3 unspecified atom stereocenters. The normalized spacial score (nSPS) is 21.9. The molecule has 1 aromatic heterocycles. The van der Waals surface area contributed by atoms with E-state index in [0.29, 0.717) is 51.6 Å². The lowest BCUT2D eigenvalue weighted by molar-refractivity contribution is -0.384. The first kappa shape index (κ1) is 74.7. The van der Waals surface area contributed by atoms with Gasteiger partial charge in [0, 0.05) is 81.7 Å². The summed E-state index contributed by atoms with van der Waals surface area (Å²) in [5.74, 6) is -3.76. The summed E-state index contributed by atoms with van der Waals surface area (Å²) in [4.78, 5) is 126. The Labute approximate surface area is 569 Å². The second-order valence-corrected chi connectivity index (χ2v) is 24.6. The number of amides is 6. The van der Waals surface area contributed by atoms with E-state index in [1.165, 1.54) is 12.1 Å². The molecule has 24 heteroatoms. The van der Waals surface area contributed by atoms with Crippen molar-refractivity contribution in [1.82, 2.24) is 36.8 Å². The van der Waals surface area contributed by atoms with E-state index in [1.807, 2.05) is 139 Å². The van der Waals surface area contributed by atoms with Crippen molar-refractivity contribution in [3.63, 3.8) is 0 Å². The lowest BCUT2D eigenvalue weighted by Crippen LogP contribution is -2.39. The van der Waals surface area contributed by atoms with E-state index >= 15 is 0 Å². The molecule has 5 heterocycles. The number of nitrogens with zero attached hydrogens (tertiary/aromatic N) is 2. The van der Waals surface area contributed by atoms with Crippen LogP contribution in [-0.2, 0) is 75.2 Å². The average molecular weight is 1350 g/mol. The number of hydrogen-bond acceptors (Lipinski definition) is 17. The highest BCUT2D eigenvalue weighted by molar-refractivity contribution is 7.09. The van der Waals surface area contributed by atoms with Gasteiger partial charge in [0.15, 0.2) is 0 Å². The van der Waals surface area contributed by atoms with Crippen molar-refractivity contribution in [2.24, 2.45) is 17.8 Å². The van der Waals surface area contributed by atoms with Gasteiger partial charge in [-0.3, -0.25) is 58.2 Å². The van der Waals surface area contributed by atoms with Gasteiger partial charge in [-0.2, -0.15) is 0 Å². The van der Waals surface area contributed by atoms with E-state index in [1.54, 1.807) is 29.5 Å². The minimum absolute atomic E-state index is 0.0149. The van der Waals surface area contributed by atoms with Crippen LogP contribution in [0.3, 0.4) is 0 Å². The van der Waals surface area contributed by atoms with Crippen molar-refractivity contribution in [3.8, 4) is 0 Å². The van der Waals surface area contributed by atoms with Crippen LogP contribution >= 0.6 is 11.3 Å². The van der Waals surface area contributed by atoms with Gasteiger partial charge in [-0.25, -0.2) is 0 Å². The van der Waals surface area contributed by atoms with E-state index in [0.717, 1.165) is 66.4 Å². The number of hydrogen-bond donors (Lipinski definition) is 6. The Morgan fingerprint density at radius 2 is 0.907 bits per heavy atom. The molecule has 5 aromatic rings. The quantitative estimate of drug-likeness (QED) is 0.0119. The van der Waals surface area contributed by atoms with E-state index in [2.05, 4.69) is 36.8 Å². The Hall–Kier alpha value is -9.65. The maximum atomic E-state index is 12.9. The van der Waals surface area contributed by atoms with Crippen molar-refractivity contribution in [2.75, 3.05) is 59.0 Å². The first-order chi connectivity index (χ1) is 47.1. The molecule has 0 bridgehead atoms. The third kappa shape index (κ3) is 28.3. The number of morpholine rings is 1. The molecule has 9 rings (SSSR count). The Balaban J connectivity index is 0.000000205. The van der Waals surface area contributed by atoms with Gasteiger partial charge in [0.2, 0.25) is 35.4 Å². The maximum absolute atomic E-state index is 12.9. The lowest BCUT2D eigenvalue weighted by atomic mass is 9.98. The second-order valence-electron chi connectivity index (χ2n) is 23.6. The number of allylic oxidation sites excluding steroid dienone is 6. The molecule has 6 N–H and O–H groups in total. The zero-order valence-corrected chi connectivity index (χ0v) is 55.3. The zero-order chi connectivity index (χ0) is 68.8. The summed E-state index contributed by atoms with van der Waals surface area (Å²) in [6.45, 7) is 6.04. The SMILES string of the molecule is O=C(C[C@@H]1C/C=C/CCC(=O)OC(c2ccccc2)CNC1=O)NCCCN1CCOCC1.O=C(C[C@@H]1C/C=C/CCC(=O)OC(c2ccccc2)CNC1=O)NCc1ccc([N+](=O)[O-])cc1.O=C(C[C@@H]1C/C=C/CCC(=O)OC(c2ccccc2)CNC1=O)NCc1cccs1. The van der Waals surface area contributed by atoms with Gasteiger partial charge in [0.05, 0.1) is 62.1 Å². The van der Waals surface area contributed by atoms with Crippen molar-refractivity contribution >= 4 is 70.4 Å². The van der Waals surface area contributed by atoms with Gasteiger partial charge < -0.3 is 50.8 Å². The highest BCUT2D eigenvalue weighted by atomic mass is 32.1. The standard InChI is InChI=1S/C25H27N3O6.C25H35N3O5.C23H26N2O4S/c29-23(26-16-18-11-13-21(14-12-18)28(32)33)15-20-9-5-2-6-10-24(30)34-22(17-27-25(20)31)19-7-3-1-4-8-19;29-23(26-12-7-13-28-14-16-32-17-15-28)18-21-10-5-2-6-11-24(30)33-22(19-27-25(21)31)20-8-3-1-4-9-20;26-21(24-15-19-11-7-13-30-19)14-18-10-5-2-6-12-22(27)29-20(16-25-23(18)28)17-8-3-1-4-9-17/h1-5,7-8,11-14,20,22H,6,9-10,15-17H2,(H,26,29)(H,27,31);1-5,8-9,21-22H,6-7,10-19H2,(H,26,29)(H,27,31);1-5,7-9,11,13,18,20H,6,10,12,14-16H2,(H,24,26)(H,25,28)/b3*5-2+/t20-,22?;21-,22?;18-,20?/m000/s1. The first-order valence-corrected chi connectivity index (χ1v) is 33.9. The number of benzene rings is 4. The predicted octanol–water partition coefficient (Wildman–Crippen LogP) is 8.84. The number of nitro groups is 1. The smallest absolute Gasteiger partial charge is 0.306 e. The molecule has 0 aliphatic carbocycles. The number of thiophene rings is 1. The highest BCUT2D eigenvalue weighted by Crippen LogP contribution is 2.24. The fourth-order valence-corrected chi connectivity index (χ4v) is 11.4. The Kier molecular flexibility index (Phi) is 32.4. The zero-order valence-electron chi connectivity index (χ0n) is 54.5. The molecular formula is C73H88N8O15S. The number of carbonyl (C=O) groups excluding carboxylic acids is 9. The summed E-state index contributed by atoms with van der Waals surface area (Å²) in [6, 6.07) is 37.7. The van der Waals surface area contributed by atoms with Crippen LogP contribution in [0, 0.1) is 27.9 Å². The third-order valence-corrected chi connectivity index (χ3v) is 17.1. The van der Waals surface area contributed by atoms with Crippen LogP contribution in [0.1, 0.15) is 129 Å². The third-order valence-electron chi connectivity index (χ3n) is 16.2. The van der Waals surface area contributed by atoms with Crippen molar-refractivity contribution in [2.45, 2.75) is 115 Å². The number of carbonyl (C=O) groups is 9. The second kappa shape index (κ2) is 42.0. The largest absolute Gasteiger partial charge is 0.456 e. The lowest BCUT2D eigenvalue weighted by Gasteiger charge is -2.26. The molecule has 0 saturated carbocycles. The Morgan fingerprint density at radius 3 is 1.30 bits per heavy atom. The van der Waals surface area contributed by atoms with Gasteiger partial charge in [-0.1, -0.05) is 146 Å². The summed E-state index contributed by atoms with van der Waals surface area (Å²) < 4.78 is 22.1. The summed E-state index contributed by atoms with van der Waals surface area (Å²) in [5.41, 5.74) is 3.12. The van der Waals surface area contributed by atoms with Crippen LogP contribution in [0.15, 0.2) is 169 Å². The monoisotopic (exact) mass is 1350 g/mol. The van der Waals surface area contributed by atoms with Crippen molar-refractivity contribution < 1.29 is 67.0 Å². The van der Waals surface area contributed by atoms with E-state index in [4.69, 9.17) is 18.9 Å². The number of nitro benzene ring substituents is 1. The summed E-state index contributed by atoms with van der Waals surface area (Å²) >= 11 is 1.58. The number of esters is 3. The Morgan fingerprint density at radius 1 is 0.505 bits per heavy atom. The molecule has 516 valence electrons. The molecule has 4 aliphatic rings. The van der Waals surface area contributed by atoms with Gasteiger partial charge >= 0.3 is 17.9 Å². The van der Waals surface area contributed by atoms with Crippen LogP contribution in [0.2, 0.25) is 0 Å². The molecule has 0 spiro atoms. The molecule has 0 radical (unpaired) electrons. The molecular weight excluding hydrogens is 1260 g/mol. The molecule has 6 atom stereocenters. The van der Waals surface area contributed by atoms with Crippen LogP contribution in [0.4, 0.5) is 5.69 Å². The van der Waals surface area contributed by atoms with Gasteiger partial charge in [-0.15, -0.1) is 11.3 Å². The van der Waals surface area contributed by atoms with Gasteiger partial charge in [0.25, 0.3) is 5.69 Å². The molecule has 4 aromatic carbocycles. The molecule has 1 saturated heterocycles. The minimum atomic E-state index is -0.613. The Bertz CT molecular complexity index is 3400. The first-order valence-electron chi connectivity index (χ1n) is 33.0. The van der Waals surface area contributed by atoms with E-state index in [-0.39, 0.29) is 124 Å². The molecule has 4 aliphatic heterocycles. The fraction of sp³-hybridized carbons (Fsp3) is 0.411. The van der Waals surface area contributed by atoms with E-state index < -0.39 is 41.0 Å². The number of rotatable bonds is 18. The number of nitrogens with one attached hydrogen (secondary N) is 6. The summed E-state index contributed by atoms with van der Waals surface area (Å²) in [6.07, 6.45) is 14.1. The summed E-state index contributed by atoms with van der Waals surface area (Å²) in [7, 11) is 0. The van der Waals surface area contributed by atoms with Crippen LogP contribution in [0.25, 0.3) is 0 Å². The fourth-order valence-electron chi connectivity index (χ4n) is 10.7. The average Bonchev–Trinajstić information content (AvgIpc) is 2.72. The predicted molar refractivity (Wildman–Crippen MR) is 364 cm³/mol. The molecule has 1 fully saturated rings. The van der Waals surface area contributed by atoms with Gasteiger partial charge in [0.1, 0.15) is 18.3 Å². The maximum Gasteiger partial charge on any atom is 0.306 e. The number of ether oxygens (including phenoxy) is 4. The molecule has 97 heavy (non-hydrogen) atoms. The summed E-state index contributed by atoms with van der Waals surface area (Å²) in [5, 5.41) is 29.9. The number of non-ortho nitro benzene ring substituents is 1. The topological polar surface area (TPSA) is 309 Å². The number of cyclic esters (lactones) is 3. The van der Waals surface area contributed by atoms with E-state index in [9.17, 15) is 53.3 Å². The molecule has 6 amide bonds. The van der Waals surface area contributed by atoms with Crippen LogP contribution in [-0.4, -0.2) is 122 Å². The van der Waals surface area contributed by atoms with Crippen molar-refractivity contribution in [1.29, 1.82) is 0 Å². The van der Waals surface area contributed by atoms with Crippen LogP contribution in [0.5, 0.6) is 0 Å².